The number of nitrogens with zero attached hydrogens (tertiary/aromatic N) is 4. The molecule has 0 unspecified atom stereocenters. The fourth-order valence-electron chi connectivity index (χ4n) is 4.08. The zero-order chi connectivity index (χ0) is 21.2. The summed E-state index contributed by atoms with van der Waals surface area (Å²) < 4.78 is 7.76. The van der Waals surface area contributed by atoms with Crippen LogP contribution in [0.4, 0.5) is 5.69 Å². The zero-order valence-corrected chi connectivity index (χ0v) is 17.7. The van der Waals surface area contributed by atoms with Crippen molar-refractivity contribution in [3.63, 3.8) is 0 Å². The first-order valence-electron chi connectivity index (χ1n) is 10.0. The summed E-state index contributed by atoms with van der Waals surface area (Å²) >= 11 is 5.82. The number of nitrogens with one attached hydrogen (secondary N) is 1. The van der Waals surface area contributed by atoms with E-state index in [9.17, 15) is 0 Å². The maximum Gasteiger partial charge on any atom is 0.174 e. The molecule has 3 aromatic heterocycles. The maximum atomic E-state index is 5.82. The van der Waals surface area contributed by atoms with Gasteiger partial charge in [-0.25, -0.2) is 4.98 Å². The van der Waals surface area contributed by atoms with Gasteiger partial charge in [0.05, 0.1) is 24.5 Å². The third-order valence-electron chi connectivity index (χ3n) is 5.42. The second kappa shape index (κ2) is 8.20. The molecule has 31 heavy (non-hydrogen) atoms. The first kappa shape index (κ1) is 19.3. The lowest BCUT2D eigenvalue weighted by atomic mass is 10.0. The van der Waals surface area contributed by atoms with Gasteiger partial charge in [0.15, 0.2) is 5.11 Å². The maximum absolute atomic E-state index is 5.82. The van der Waals surface area contributed by atoms with Crippen molar-refractivity contribution in [3.05, 3.63) is 103 Å². The SMILES string of the molecule is COc1ccccc1N1C(=S)N[C@@H](c2ccccn2)[C@H]1c1cccn1-c1ccccn1. The van der Waals surface area contributed by atoms with E-state index < -0.39 is 0 Å². The van der Waals surface area contributed by atoms with Gasteiger partial charge in [-0.3, -0.25) is 4.98 Å². The summed E-state index contributed by atoms with van der Waals surface area (Å²) in [6.45, 7) is 0. The van der Waals surface area contributed by atoms with Crippen LogP contribution in [0.5, 0.6) is 5.75 Å². The number of rotatable bonds is 5. The highest BCUT2D eigenvalue weighted by molar-refractivity contribution is 7.80. The molecule has 2 atom stereocenters. The van der Waals surface area contributed by atoms with E-state index in [-0.39, 0.29) is 12.1 Å². The Balaban J connectivity index is 1.69. The number of pyridine rings is 2. The monoisotopic (exact) mass is 427 g/mol. The summed E-state index contributed by atoms with van der Waals surface area (Å²) in [5.74, 6) is 1.61. The van der Waals surface area contributed by atoms with Gasteiger partial charge in [-0.15, -0.1) is 0 Å². The Morgan fingerprint density at radius 1 is 0.903 bits per heavy atom. The van der Waals surface area contributed by atoms with Crippen LogP contribution in [-0.2, 0) is 0 Å². The van der Waals surface area contributed by atoms with E-state index in [0.29, 0.717) is 5.11 Å². The lowest BCUT2D eigenvalue weighted by Gasteiger charge is -2.29. The molecule has 1 fully saturated rings. The number of para-hydroxylation sites is 2. The summed E-state index contributed by atoms with van der Waals surface area (Å²) in [7, 11) is 1.67. The van der Waals surface area contributed by atoms with Crippen molar-refractivity contribution in [1.82, 2.24) is 19.9 Å². The van der Waals surface area contributed by atoms with E-state index >= 15 is 0 Å². The molecule has 1 aliphatic heterocycles. The number of anilines is 1. The molecule has 1 aliphatic rings. The minimum Gasteiger partial charge on any atom is -0.495 e. The lowest BCUT2D eigenvalue weighted by Crippen LogP contribution is -2.30. The summed E-state index contributed by atoms with van der Waals surface area (Å²) in [4.78, 5) is 11.3. The zero-order valence-electron chi connectivity index (χ0n) is 16.9. The number of aromatic nitrogens is 3. The van der Waals surface area contributed by atoms with Crippen LogP contribution >= 0.6 is 12.2 Å². The molecular formula is C24H21N5OS. The lowest BCUT2D eigenvalue weighted by molar-refractivity contribution is 0.414. The average Bonchev–Trinajstić information content (AvgIpc) is 3.44. The van der Waals surface area contributed by atoms with Crippen molar-refractivity contribution in [3.8, 4) is 11.6 Å². The van der Waals surface area contributed by atoms with Crippen molar-refractivity contribution in [2.45, 2.75) is 12.1 Å². The molecule has 7 heteroatoms. The molecule has 0 spiro atoms. The first-order chi connectivity index (χ1) is 15.3. The van der Waals surface area contributed by atoms with Gasteiger partial charge in [0.25, 0.3) is 0 Å². The van der Waals surface area contributed by atoms with Crippen molar-refractivity contribution in [2.75, 3.05) is 12.0 Å². The van der Waals surface area contributed by atoms with E-state index in [1.807, 2.05) is 72.9 Å². The smallest absolute Gasteiger partial charge is 0.174 e. The molecule has 5 rings (SSSR count). The fourth-order valence-corrected chi connectivity index (χ4v) is 4.42. The molecule has 0 bridgehead atoms. The number of hydrogen-bond acceptors (Lipinski definition) is 4. The molecule has 6 nitrogen and oxygen atoms in total. The molecule has 0 amide bonds. The van der Waals surface area contributed by atoms with Crippen LogP contribution in [0.3, 0.4) is 0 Å². The van der Waals surface area contributed by atoms with Crippen molar-refractivity contribution < 1.29 is 4.74 Å². The van der Waals surface area contributed by atoms with Crippen LogP contribution in [0.25, 0.3) is 5.82 Å². The summed E-state index contributed by atoms with van der Waals surface area (Å²) in [6.07, 6.45) is 5.63. The number of hydrogen-bond donors (Lipinski definition) is 1. The van der Waals surface area contributed by atoms with E-state index in [2.05, 4.69) is 30.8 Å². The van der Waals surface area contributed by atoms with Crippen LogP contribution in [-0.4, -0.2) is 26.8 Å². The Labute approximate surface area is 186 Å². The fraction of sp³-hybridized carbons (Fsp3) is 0.125. The molecule has 0 radical (unpaired) electrons. The minimum atomic E-state index is -0.157. The molecule has 1 N–H and O–H groups in total. The second-order valence-electron chi connectivity index (χ2n) is 7.16. The molecule has 4 heterocycles. The van der Waals surface area contributed by atoms with Gasteiger partial charge in [0.2, 0.25) is 0 Å². The average molecular weight is 428 g/mol. The predicted octanol–water partition coefficient (Wildman–Crippen LogP) is 4.45. The Kier molecular flexibility index (Phi) is 5.09. The van der Waals surface area contributed by atoms with Gasteiger partial charge in [0.1, 0.15) is 17.6 Å². The second-order valence-corrected chi connectivity index (χ2v) is 7.55. The third kappa shape index (κ3) is 3.43. The third-order valence-corrected chi connectivity index (χ3v) is 5.74. The van der Waals surface area contributed by atoms with Gasteiger partial charge in [-0.2, -0.15) is 0 Å². The van der Waals surface area contributed by atoms with E-state index in [0.717, 1.165) is 28.6 Å². The summed E-state index contributed by atoms with van der Waals surface area (Å²) in [5.41, 5.74) is 2.87. The quantitative estimate of drug-likeness (QED) is 0.475. The molecular weight excluding hydrogens is 406 g/mol. The van der Waals surface area contributed by atoms with Crippen molar-refractivity contribution >= 4 is 23.0 Å². The van der Waals surface area contributed by atoms with Crippen LogP contribution < -0.4 is 15.0 Å². The minimum absolute atomic E-state index is 0.143. The van der Waals surface area contributed by atoms with E-state index in [1.165, 1.54) is 0 Å². The topological polar surface area (TPSA) is 55.2 Å². The van der Waals surface area contributed by atoms with Gasteiger partial charge >= 0.3 is 0 Å². The normalized spacial score (nSPS) is 18.1. The number of benzene rings is 1. The van der Waals surface area contributed by atoms with Gasteiger partial charge < -0.3 is 19.5 Å². The van der Waals surface area contributed by atoms with Crippen molar-refractivity contribution in [2.24, 2.45) is 0 Å². The van der Waals surface area contributed by atoms with Crippen molar-refractivity contribution in [1.29, 1.82) is 0 Å². The Hall–Kier alpha value is -3.71. The van der Waals surface area contributed by atoms with E-state index in [1.54, 1.807) is 19.5 Å². The number of thiocarbonyl (C=S) groups is 1. The van der Waals surface area contributed by atoms with Crippen LogP contribution in [0.1, 0.15) is 23.5 Å². The molecule has 4 aromatic rings. The molecule has 0 saturated carbocycles. The first-order valence-corrected chi connectivity index (χ1v) is 10.4. The van der Waals surface area contributed by atoms with Crippen LogP contribution in [0, 0.1) is 0 Å². The Bertz CT molecular complexity index is 1190. The standard InChI is InChI=1S/C24H21N5OS/c1-30-20-12-3-2-10-18(20)29-23(22(27-24(29)31)17-9-4-6-14-25-17)19-11-8-16-28(19)21-13-5-7-15-26-21/h2-16,22-23H,1H3,(H,27,31)/t22-,23+/m0/s1. The molecule has 1 saturated heterocycles. The Morgan fingerprint density at radius 2 is 1.68 bits per heavy atom. The van der Waals surface area contributed by atoms with Crippen LogP contribution in [0.15, 0.2) is 91.4 Å². The largest absolute Gasteiger partial charge is 0.495 e. The predicted molar refractivity (Wildman–Crippen MR) is 124 cm³/mol. The van der Waals surface area contributed by atoms with Gasteiger partial charge in [-0.05, 0) is 60.7 Å². The highest BCUT2D eigenvalue weighted by Crippen LogP contribution is 2.44. The van der Waals surface area contributed by atoms with Gasteiger partial charge in [0, 0.05) is 24.3 Å². The Morgan fingerprint density at radius 3 is 2.42 bits per heavy atom. The number of ether oxygens (including phenoxy) is 1. The van der Waals surface area contributed by atoms with E-state index in [4.69, 9.17) is 17.0 Å². The summed E-state index contributed by atoms with van der Waals surface area (Å²) in [5, 5.41) is 4.12. The highest BCUT2D eigenvalue weighted by Gasteiger charge is 2.43. The highest BCUT2D eigenvalue weighted by atomic mass is 32.1. The van der Waals surface area contributed by atoms with Gasteiger partial charge in [-0.1, -0.05) is 24.3 Å². The molecule has 154 valence electrons. The molecule has 0 aliphatic carbocycles. The number of methoxy groups -OCH3 is 1. The molecule has 1 aromatic carbocycles. The van der Waals surface area contributed by atoms with Crippen LogP contribution in [0.2, 0.25) is 0 Å². The summed E-state index contributed by atoms with van der Waals surface area (Å²) in [6, 6.07) is 23.6.